The predicted octanol–water partition coefficient (Wildman–Crippen LogP) is 4.50. The van der Waals surface area contributed by atoms with Crippen LogP contribution in [0, 0.1) is 0 Å². The van der Waals surface area contributed by atoms with E-state index in [2.05, 4.69) is 57.2 Å². The molecular formula is C22H23N5. The van der Waals surface area contributed by atoms with Crippen molar-refractivity contribution < 1.29 is 0 Å². The first kappa shape index (κ1) is 17.1. The molecule has 0 fully saturated rings. The first-order valence-corrected chi connectivity index (χ1v) is 9.04. The van der Waals surface area contributed by atoms with Gasteiger partial charge in [0, 0.05) is 48.0 Å². The van der Waals surface area contributed by atoms with E-state index in [1.807, 2.05) is 31.2 Å². The number of aromatic amines is 1. The normalized spacial score (nSPS) is 14.1. The Morgan fingerprint density at radius 2 is 2.19 bits per heavy atom. The number of nitrogens with one attached hydrogen (secondary N) is 2. The van der Waals surface area contributed by atoms with E-state index in [0.29, 0.717) is 0 Å². The third kappa shape index (κ3) is 3.62. The minimum atomic E-state index is 0.781. The van der Waals surface area contributed by atoms with E-state index in [0.717, 1.165) is 46.5 Å². The van der Waals surface area contributed by atoms with Crippen LogP contribution < -0.4 is 10.2 Å². The number of nitrogens with zero attached hydrogens (tertiary/aromatic N) is 3. The highest BCUT2D eigenvalue weighted by Gasteiger charge is 2.15. The third-order valence-electron chi connectivity index (χ3n) is 4.92. The van der Waals surface area contributed by atoms with Crippen LogP contribution >= 0.6 is 0 Å². The van der Waals surface area contributed by atoms with Gasteiger partial charge in [0.1, 0.15) is 0 Å². The molecule has 1 aliphatic heterocycles. The van der Waals surface area contributed by atoms with Gasteiger partial charge in [-0.25, -0.2) is 0 Å². The fourth-order valence-electron chi connectivity index (χ4n) is 3.33. The number of H-pyrrole nitrogens is 1. The van der Waals surface area contributed by atoms with Crippen LogP contribution in [-0.2, 0) is 6.42 Å². The maximum Gasteiger partial charge on any atom is 0.0651 e. The molecular weight excluding hydrogens is 334 g/mol. The van der Waals surface area contributed by atoms with E-state index in [-0.39, 0.29) is 0 Å². The van der Waals surface area contributed by atoms with Crippen molar-refractivity contribution in [1.82, 2.24) is 10.2 Å². The van der Waals surface area contributed by atoms with Crippen molar-refractivity contribution >= 4 is 28.0 Å². The molecule has 1 aromatic heterocycles. The van der Waals surface area contributed by atoms with Crippen LogP contribution in [0.3, 0.4) is 0 Å². The van der Waals surface area contributed by atoms with Crippen molar-refractivity contribution in [3.8, 4) is 0 Å². The Morgan fingerprint density at radius 3 is 3.07 bits per heavy atom. The minimum absolute atomic E-state index is 0.781. The monoisotopic (exact) mass is 357 g/mol. The van der Waals surface area contributed by atoms with E-state index < -0.39 is 0 Å². The Labute approximate surface area is 159 Å². The first-order valence-electron chi connectivity index (χ1n) is 9.04. The quantitative estimate of drug-likeness (QED) is 0.522. The number of fused-ring (bicyclic) bond motifs is 2. The smallest absolute Gasteiger partial charge is 0.0651 e. The second kappa shape index (κ2) is 7.11. The highest BCUT2D eigenvalue weighted by atomic mass is 15.1. The Kier molecular flexibility index (Phi) is 4.50. The number of hydrogen-bond acceptors (Lipinski definition) is 4. The molecule has 0 aliphatic carbocycles. The molecule has 2 aromatic carbocycles. The zero-order valence-electron chi connectivity index (χ0n) is 15.7. The van der Waals surface area contributed by atoms with Gasteiger partial charge in [0.05, 0.1) is 11.7 Å². The van der Waals surface area contributed by atoms with Crippen molar-refractivity contribution in [2.45, 2.75) is 13.3 Å². The molecule has 2 heterocycles. The number of hydrogen-bond donors (Lipinski definition) is 2. The minimum Gasteiger partial charge on any atom is -0.374 e. The average Bonchev–Trinajstić information content (AvgIpc) is 3.27. The predicted molar refractivity (Wildman–Crippen MR) is 114 cm³/mol. The van der Waals surface area contributed by atoms with Gasteiger partial charge in [0.2, 0.25) is 0 Å². The molecule has 27 heavy (non-hydrogen) atoms. The average molecular weight is 357 g/mol. The Hall–Kier alpha value is -3.34. The van der Waals surface area contributed by atoms with E-state index in [9.17, 15) is 0 Å². The molecule has 136 valence electrons. The molecule has 0 saturated heterocycles. The molecule has 0 bridgehead atoms. The zero-order valence-corrected chi connectivity index (χ0v) is 15.7. The summed E-state index contributed by atoms with van der Waals surface area (Å²) in [7, 11) is 2.14. The molecule has 0 spiro atoms. The lowest BCUT2D eigenvalue weighted by molar-refractivity contribution is 0.956. The van der Waals surface area contributed by atoms with E-state index in [1.165, 1.54) is 11.3 Å². The summed E-state index contributed by atoms with van der Waals surface area (Å²) in [5, 5.41) is 11.3. The third-order valence-corrected chi connectivity index (χ3v) is 4.92. The summed E-state index contributed by atoms with van der Waals surface area (Å²) in [6, 6.07) is 12.6. The van der Waals surface area contributed by atoms with Gasteiger partial charge in [-0.3, -0.25) is 10.1 Å². The number of anilines is 2. The molecule has 0 radical (unpaired) electrons. The number of benzene rings is 2. The van der Waals surface area contributed by atoms with Crippen LogP contribution in [0.1, 0.15) is 18.1 Å². The fourth-order valence-corrected chi connectivity index (χ4v) is 3.33. The van der Waals surface area contributed by atoms with Crippen LogP contribution in [0.5, 0.6) is 0 Å². The Balaban J connectivity index is 1.42. The van der Waals surface area contributed by atoms with Gasteiger partial charge in [0.25, 0.3) is 0 Å². The van der Waals surface area contributed by atoms with Crippen molar-refractivity contribution in [3.63, 3.8) is 0 Å². The lowest BCUT2D eigenvalue weighted by Crippen LogP contribution is -2.12. The number of aliphatic imine (C=N–C) groups is 1. The molecule has 0 amide bonds. The molecule has 2 N–H and O–H groups in total. The Morgan fingerprint density at radius 1 is 1.30 bits per heavy atom. The Bertz CT molecular complexity index is 1060. The second-order valence-corrected chi connectivity index (χ2v) is 6.87. The van der Waals surface area contributed by atoms with E-state index in [4.69, 9.17) is 0 Å². The van der Waals surface area contributed by atoms with E-state index in [1.54, 1.807) is 12.4 Å². The summed E-state index contributed by atoms with van der Waals surface area (Å²) in [5.41, 5.74) is 7.63. The zero-order chi connectivity index (χ0) is 18.8. The van der Waals surface area contributed by atoms with Crippen molar-refractivity contribution in [2.24, 2.45) is 4.99 Å². The van der Waals surface area contributed by atoms with E-state index >= 15 is 0 Å². The highest BCUT2D eigenvalue weighted by Crippen LogP contribution is 2.27. The molecule has 3 aromatic rings. The summed E-state index contributed by atoms with van der Waals surface area (Å²) < 4.78 is 0. The lowest BCUT2D eigenvalue weighted by Gasteiger charge is -2.12. The molecule has 1 aliphatic rings. The molecule has 5 nitrogen and oxygen atoms in total. The second-order valence-electron chi connectivity index (χ2n) is 6.87. The topological polar surface area (TPSA) is 56.3 Å². The van der Waals surface area contributed by atoms with Gasteiger partial charge in [-0.15, -0.1) is 0 Å². The van der Waals surface area contributed by atoms with Crippen LogP contribution in [-0.4, -0.2) is 29.5 Å². The highest BCUT2D eigenvalue weighted by molar-refractivity contribution is 6.00. The van der Waals surface area contributed by atoms with Crippen LogP contribution in [0.15, 0.2) is 72.1 Å². The van der Waals surface area contributed by atoms with Crippen molar-refractivity contribution in [2.75, 3.05) is 23.8 Å². The number of likely N-dealkylation sites (N-methyl/N-ethyl adjacent to an activating group) is 1. The van der Waals surface area contributed by atoms with Gasteiger partial charge in [0.15, 0.2) is 0 Å². The van der Waals surface area contributed by atoms with Crippen molar-refractivity contribution in [3.05, 3.63) is 78.3 Å². The summed E-state index contributed by atoms with van der Waals surface area (Å²) in [4.78, 5) is 6.87. The number of rotatable bonds is 5. The number of aromatic nitrogens is 2. The van der Waals surface area contributed by atoms with Gasteiger partial charge < -0.3 is 10.2 Å². The molecule has 0 atom stereocenters. The van der Waals surface area contributed by atoms with Gasteiger partial charge >= 0.3 is 0 Å². The van der Waals surface area contributed by atoms with Gasteiger partial charge in [-0.1, -0.05) is 18.7 Å². The number of allylic oxidation sites excluding steroid dienone is 1. The van der Waals surface area contributed by atoms with Gasteiger partial charge in [-0.05, 0) is 54.8 Å². The van der Waals surface area contributed by atoms with Crippen LogP contribution in [0.2, 0.25) is 0 Å². The lowest BCUT2D eigenvalue weighted by atomic mass is 10.1. The largest absolute Gasteiger partial charge is 0.374 e. The maximum atomic E-state index is 4.57. The SMILES string of the molecule is C=C(/C=C\N=C(/C)c1ccc2c(c1)N(C)CC2)Nc1ccc2[nH]ncc2c1. The van der Waals surface area contributed by atoms with Crippen molar-refractivity contribution in [1.29, 1.82) is 0 Å². The summed E-state index contributed by atoms with van der Waals surface area (Å²) in [6.07, 6.45) is 6.60. The summed E-state index contributed by atoms with van der Waals surface area (Å²) in [5.74, 6) is 0. The van der Waals surface area contributed by atoms with Crippen LogP contribution in [0.4, 0.5) is 11.4 Å². The molecule has 4 rings (SSSR count). The summed E-state index contributed by atoms with van der Waals surface area (Å²) in [6.45, 7) is 7.17. The van der Waals surface area contributed by atoms with Crippen LogP contribution in [0.25, 0.3) is 10.9 Å². The molecule has 5 heteroatoms. The fraction of sp³-hybridized carbons (Fsp3) is 0.182. The molecule has 0 saturated carbocycles. The summed E-state index contributed by atoms with van der Waals surface area (Å²) >= 11 is 0. The maximum absolute atomic E-state index is 4.57. The first-order chi connectivity index (χ1) is 13.1. The standard InChI is InChI=1S/C22H23N5/c1-15(25-20-6-7-21-19(12-20)14-24-26-21)8-10-23-16(2)18-5-4-17-9-11-27(3)22(17)13-18/h4-8,10,12-14,25H,1,9,11H2,2-3H3,(H,24,26)/b10-8-,23-16+. The molecule has 0 unspecified atom stereocenters. The van der Waals surface area contributed by atoms with Gasteiger partial charge in [-0.2, -0.15) is 5.10 Å².